The topological polar surface area (TPSA) is 24.4 Å². The van der Waals surface area contributed by atoms with Gasteiger partial charge in [-0.1, -0.05) is 78.3 Å². The molecule has 130 valence electrons. The van der Waals surface area contributed by atoms with Gasteiger partial charge in [-0.15, -0.1) is 0 Å². The van der Waals surface area contributed by atoms with Crippen molar-refractivity contribution in [2.45, 2.75) is 18.5 Å². The van der Waals surface area contributed by atoms with Gasteiger partial charge in [-0.2, -0.15) is 0 Å². The molecule has 1 aliphatic rings. The van der Waals surface area contributed by atoms with Crippen LogP contribution in [0.1, 0.15) is 28.8 Å². The van der Waals surface area contributed by atoms with Gasteiger partial charge in [0.2, 0.25) is 0 Å². The summed E-state index contributed by atoms with van der Waals surface area (Å²) in [7, 11) is 0. The number of amidine groups is 1. The Morgan fingerprint density at radius 1 is 0.885 bits per heavy atom. The lowest BCUT2D eigenvalue weighted by atomic mass is 9.95. The first-order valence-corrected chi connectivity index (χ1v) is 8.95. The Kier molecular flexibility index (Phi) is 4.72. The van der Waals surface area contributed by atoms with Gasteiger partial charge in [0, 0.05) is 11.4 Å². The third kappa shape index (κ3) is 3.49. The molecule has 0 spiro atoms. The van der Waals surface area contributed by atoms with Crippen LogP contribution < -0.4 is 5.32 Å². The number of aliphatic imine (C=N–C) groups is 1. The molecule has 1 N–H and O–H groups in total. The van der Waals surface area contributed by atoms with Crippen molar-refractivity contribution in [1.29, 1.82) is 0 Å². The smallest absolute Gasteiger partial charge is 0.124 e. The number of hydrogen-bond acceptors (Lipinski definition) is 2. The summed E-state index contributed by atoms with van der Waals surface area (Å²) in [5, 5.41) is 3.97. The molecule has 1 heterocycles. The van der Waals surface area contributed by atoms with Crippen molar-refractivity contribution in [2.24, 2.45) is 4.99 Å². The van der Waals surface area contributed by atoms with E-state index in [0.717, 1.165) is 17.0 Å². The Labute approximate surface area is 157 Å². The highest BCUT2D eigenvalue weighted by Gasteiger charge is 2.31. The molecule has 2 atom stereocenters. The normalized spacial score (nSPS) is 19.1. The van der Waals surface area contributed by atoms with E-state index in [1.54, 1.807) is 6.07 Å². The molecule has 3 aromatic rings. The summed E-state index contributed by atoms with van der Waals surface area (Å²) >= 11 is 6.19. The quantitative estimate of drug-likeness (QED) is 0.649. The molecule has 2 nitrogen and oxygen atoms in total. The second-order valence-electron chi connectivity index (χ2n) is 6.38. The molecule has 0 amide bonds. The lowest BCUT2D eigenvalue weighted by Gasteiger charge is -2.19. The lowest BCUT2D eigenvalue weighted by Crippen LogP contribution is -2.25. The van der Waals surface area contributed by atoms with E-state index >= 15 is 0 Å². The molecule has 0 saturated heterocycles. The largest absolute Gasteiger partial charge is 0.364 e. The van der Waals surface area contributed by atoms with Crippen LogP contribution in [0.15, 0.2) is 83.9 Å². The summed E-state index contributed by atoms with van der Waals surface area (Å²) in [6, 6.07) is 25.1. The minimum Gasteiger partial charge on any atom is -0.364 e. The van der Waals surface area contributed by atoms with Crippen molar-refractivity contribution in [2.75, 3.05) is 0 Å². The first-order chi connectivity index (χ1) is 12.7. The van der Waals surface area contributed by atoms with Crippen LogP contribution in [0.5, 0.6) is 0 Å². The molecular weight excluding hydrogens is 347 g/mol. The molecule has 0 bridgehead atoms. The summed E-state index contributed by atoms with van der Waals surface area (Å²) < 4.78 is 13.3. The second-order valence-corrected chi connectivity index (χ2v) is 6.78. The number of nitrogens with zero attached hydrogens (tertiary/aromatic N) is 1. The fraction of sp³-hybridized carbons (Fsp3) is 0.136. The predicted octanol–water partition coefficient (Wildman–Crippen LogP) is 5.51. The molecule has 1 aliphatic heterocycles. The van der Waals surface area contributed by atoms with Gasteiger partial charge in [-0.25, -0.2) is 4.39 Å². The van der Waals surface area contributed by atoms with Crippen LogP contribution in [0.3, 0.4) is 0 Å². The highest BCUT2D eigenvalue weighted by molar-refractivity contribution is 6.31. The molecule has 4 rings (SSSR count). The maximum Gasteiger partial charge on any atom is 0.124 e. The van der Waals surface area contributed by atoms with Crippen molar-refractivity contribution < 1.29 is 4.39 Å². The van der Waals surface area contributed by atoms with Gasteiger partial charge < -0.3 is 5.32 Å². The Morgan fingerprint density at radius 3 is 2.19 bits per heavy atom. The van der Waals surface area contributed by atoms with Crippen LogP contribution >= 0.6 is 11.6 Å². The number of hydrogen-bond donors (Lipinski definition) is 1. The summed E-state index contributed by atoms with van der Waals surface area (Å²) in [6.45, 7) is 0. The van der Waals surface area contributed by atoms with Crippen LogP contribution in [-0.2, 0) is 6.42 Å². The molecule has 26 heavy (non-hydrogen) atoms. The lowest BCUT2D eigenvalue weighted by molar-refractivity contribution is 0.572. The summed E-state index contributed by atoms with van der Waals surface area (Å²) in [6.07, 6.45) is 0.547. The second kappa shape index (κ2) is 7.30. The standard InChI is InChI=1S/C22H18ClFN2/c23-19-14-18(24)12-11-17(19)13-20-25-21(15-7-3-1-4-8-15)22(26-20)16-9-5-2-6-10-16/h1-12,14,21-22H,13H2,(H,25,26)/t21-,22+. The van der Waals surface area contributed by atoms with Crippen molar-refractivity contribution in [1.82, 2.24) is 5.32 Å². The molecular formula is C22H18ClFN2. The van der Waals surface area contributed by atoms with Gasteiger partial charge in [0.15, 0.2) is 0 Å². The number of benzene rings is 3. The monoisotopic (exact) mass is 364 g/mol. The summed E-state index contributed by atoms with van der Waals surface area (Å²) in [5.41, 5.74) is 3.21. The average Bonchev–Trinajstić information content (AvgIpc) is 3.09. The summed E-state index contributed by atoms with van der Waals surface area (Å²) in [5.74, 6) is 0.533. The summed E-state index contributed by atoms with van der Waals surface area (Å²) in [4.78, 5) is 4.93. The number of rotatable bonds is 4. The maximum absolute atomic E-state index is 13.3. The van der Waals surface area contributed by atoms with Gasteiger partial charge in [-0.05, 0) is 28.8 Å². The van der Waals surface area contributed by atoms with E-state index in [1.807, 2.05) is 36.4 Å². The van der Waals surface area contributed by atoms with E-state index < -0.39 is 0 Å². The Hall–Kier alpha value is -2.65. The third-order valence-electron chi connectivity index (χ3n) is 4.61. The highest BCUT2D eigenvalue weighted by Crippen LogP contribution is 2.36. The van der Waals surface area contributed by atoms with Crippen LogP contribution in [-0.4, -0.2) is 5.84 Å². The van der Waals surface area contributed by atoms with Gasteiger partial charge in [0.25, 0.3) is 0 Å². The minimum atomic E-state index is -0.329. The molecule has 0 radical (unpaired) electrons. The highest BCUT2D eigenvalue weighted by atomic mass is 35.5. The first-order valence-electron chi connectivity index (χ1n) is 8.58. The van der Waals surface area contributed by atoms with E-state index in [-0.39, 0.29) is 17.9 Å². The van der Waals surface area contributed by atoms with Crippen molar-refractivity contribution in [3.8, 4) is 0 Å². The van der Waals surface area contributed by atoms with Crippen LogP contribution in [0.2, 0.25) is 5.02 Å². The molecule has 4 heteroatoms. The predicted molar refractivity (Wildman–Crippen MR) is 104 cm³/mol. The van der Waals surface area contributed by atoms with Gasteiger partial charge >= 0.3 is 0 Å². The zero-order valence-electron chi connectivity index (χ0n) is 14.1. The SMILES string of the molecule is Fc1ccc(CC2=N[C@@H](c3ccccc3)[C@@H](c3ccccc3)N2)c(Cl)c1. The zero-order chi connectivity index (χ0) is 17.9. The van der Waals surface area contributed by atoms with E-state index in [9.17, 15) is 4.39 Å². The molecule has 3 aromatic carbocycles. The first kappa shape index (κ1) is 16.8. The van der Waals surface area contributed by atoms with E-state index in [2.05, 4.69) is 29.6 Å². The van der Waals surface area contributed by atoms with E-state index in [1.165, 1.54) is 17.7 Å². The van der Waals surface area contributed by atoms with Gasteiger partial charge in [-0.3, -0.25) is 4.99 Å². The Bertz CT molecular complexity index is 925. The fourth-order valence-corrected chi connectivity index (χ4v) is 3.56. The molecule has 0 saturated carbocycles. The third-order valence-corrected chi connectivity index (χ3v) is 4.96. The zero-order valence-corrected chi connectivity index (χ0v) is 14.8. The molecule has 0 aliphatic carbocycles. The Morgan fingerprint density at radius 2 is 1.54 bits per heavy atom. The minimum absolute atomic E-state index is 0.00664. The number of halogens is 2. The van der Waals surface area contributed by atoms with E-state index in [0.29, 0.717) is 11.4 Å². The van der Waals surface area contributed by atoms with Crippen molar-refractivity contribution in [3.05, 3.63) is 106 Å². The molecule has 0 aromatic heterocycles. The molecule has 0 fully saturated rings. The van der Waals surface area contributed by atoms with Crippen molar-refractivity contribution >= 4 is 17.4 Å². The molecule has 0 unspecified atom stereocenters. The average molecular weight is 365 g/mol. The Balaban J connectivity index is 1.66. The van der Waals surface area contributed by atoms with Crippen LogP contribution in [0.25, 0.3) is 0 Å². The van der Waals surface area contributed by atoms with Crippen molar-refractivity contribution in [3.63, 3.8) is 0 Å². The van der Waals surface area contributed by atoms with Gasteiger partial charge in [0.1, 0.15) is 17.7 Å². The fourth-order valence-electron chi connectivity index (χ4n) is 3.32. The number of nitrogens with one attached hydrogen (secondary N) is 1. The van der Waals surface area contributed by atoms with Gasteiger partial charge in [0.05, 0.1) is 6.04 Å². The maximum atomic E-state index is 13.3. The van der Waals surface area contributed by atoms with Crippen LogP contribution in [0, 0.1) is 5.82 Å². The van der Waals surface area contributed by atoms with Crippen LogP contribution in [0.4, 0.5) is 4.39 Å². The van der Waals surface area contributed by atoms with E-state index in [4.69, 9.17) is 16.6 Å².